The molecule has 2 aliphatic rings. The highest BCUT2D eigenvalue weighted by molar-refractivity contribution is 6.30. The Labute approximate surface area is 212 Å². The molecular weight excluding hydrogens is 476 g/mol. The van der Waals surface area contributed by atoms with E-state index in [0.29, 0.717) is 35.8 Å². The van der Waals surface area contributed by atoms with Gasteiger partial charge >= 0.3 is 6.03 Å². The number of hydrogen-bond donors (Lipinski definition) is 2. The lowest BCUT2D eigenvalue weighted by Gasteiger charge is -2.35. The molecule has 0 bridgehead atoms. The van der Waals surface area contributed by atoms with Crippen LogP contribution in [-0.4, -0.2) is 34.3 Å². The largest absolute Gasteiger partial charge is 0.356 e. The fraction of sp³-hybridized carbons (Fsp3) is 0.179. The van der Waals surface area contributed by atoms with Crippen molar-refractivity contribution in [2.24, 2.45) is 0 Å². The van der Waals surface area contributed by atoms with Crippen molar-refractivity contribution in [2.75, 3.05) is 11.4 Å². The van der Waals surface area contributed by atoms with Gasteiger partial charge in [-0.25, -0.2) is 9.69 Å². The minimum Gasteiger partial charge on any atom is -0.356 e. The van der Waals surface area contributed by atoms with E-state index in [9.17, 15) is 14.4 Å². The van der Waals surface area contributed by atoms with Crippen LogP contribution in [0.3, 0.4) is 0 Å². The molecule has 0 saturated carbocycles. The molecule has 3 aromatic carbocycles. The summed E-state index contributed by atoms with van der Waals surface area (Å²) in [5, 5.41) is 4.58. The Kier molecular flexibility index (Phi) is 5.12. The number of halogens is 1. The number of para-hydroxylation sites is 1. The number of H-pyrrole nitrogens is 1. The molecule has 0 radical (unpaired) electrons. The Balaban J connectivity index is 1.30. The van der Waals surface area contributed by atoms with Gasteiger partial charge in [0, 0.05) is 34.6 Å². The lowest BCUT2D eigenvalue weighted by atomic mass is 9.87. The van der Waals surface area contributed by atoms with E-state index in [1.165, 1.54) is 4.90 Å². The van der Waals surface area contributed by atoms with Gasteiger partial charge in [0.1, 0.15) is 0 Å². The van der Waals surface area contributed by atoms with Crippen LogP contribution in [0.15, 0.2) is 72.8 Å². The van der Waals surface area contributed by atoms with Crippen molar-refractivity contribution >= 4 is 46.0 Å². The zero-order valence-electron chi connectivity index (χ0n) is 19.5. The summed E-state index contributed by atoms with van der Waals surface area (Å²) in [6.45, 7) is 2.56. The predicted molar refractivity (Wildman–Crippen MR) is 138 cm³/mol. The smallest absolute Gasteiger partial charge is 0.332 e. The van der Waals surface area contributed by atoms with Gasteiger partial charge in [-0.2, -0.15) is 0 Å². The van der Waals surface area contributed by atoms with E-state index >= 15 is 0 Å². The molecule has 8 heteroatoms. The predicted octanol–water partition coefficient (Wildman–Crippen LogP) is 4.99. The van der Waals surface area contributed by atoms with E-state index in [-0.39, 0.29) is 17.8 Å². The minimum atomic E-state index is -1.14. The minimum absolute atomic E-state index is 0.298. The lowest BCUT2D eigenvalue weighted by Crippen LogP contribution is -2.49. The van der Waals surface area contributed by atoms with E-state index in [1.54, 1.807) is 48.2 Å². The number of nitrogens with one attached hydrogen (secondary N) is 2. The third-order valence-electron chi connectivity index (χ3n) is 7.20. The second-order valence-corrected chi connectivity index (χ2v) is 9.72. The standard InChI is InChI=1S/C28H23ClN4O3/c1-28-24-22(21-7-2-3-8-23(21)31-24)13-14-32(28)27(36)33(26(28)35)20-6-4-5-18(15-20)25(34)30-16-17-9-11-19(29)12-10-17/h2-12,15,31H,13-14,16H2,1H3,(H,30,34). The van der Waals surface area contributed by atoms with Gasteiger partial charge in [0.15, 0.2) is 5.54 Å². The maximum Gasteiger partial charge on any atom is 0.332 e. The van der Waals surface area contributed by atoms with Crippen molar-refractivity contribution in [2.45, 2.75) is 25.4 Å². The molecule has 1 unspecified atom stereocenters. The van der Waals surface area contributed by atoms with E-state index in [1.807, 2.05) is 36.4 Å². The van der Waals surface area contributed by atoms with Crippen molar-refractivity contribution in [3.8, 4) is 0 Å². The highest BCUT2D eigenvalue weighted by atomic mass is 35.5. The maximum absolute atomic E-state index is 13.9. The molecule has 2 aliphatic heterocycles. The topological polar surface area (TPSA) is 85.5 Å². The van der Waals surface area contributed by atoms with E-state index in [4.69, 9.17) is 11.6 Å². The van der Waals surface area contributed by atoms with Gasteiger partial charge in [0.25, 0.3) is 11.8 Å². The molecule has 0 aliphatic carbocycles. The fourth-order valence-electron chi connectivity index (χ4n) is 5.29. The molecule has 1 atom stereocenters. The van der Waals surface area contributed by atoms with Crippen LogP contribution in [-0.2, 0) is 23.3 Å². The highest BCUT2D eigenvalue weighted by Crippen LogP contribution is 2.45. The number of hydrogen-bond acceptors (Lipinski definition) is 3. The van der Waals surface area contributed by atoms with Gasteiger partial charge in [-0.05, 0) is 60.9 Å². The summed E-state index contributed by atoms with van der Waals surface area (Å²) in [6, 6.07) is 21.4. The van der Waals surface area contributed by atoms with Crippen LogP contribution in [0.1, 0.15) is 34.1 Å². The molecule has 180 valence electrons. The molecule has 1 aromatic heterocycles. The average molecular weight is 499 g/mol. The second kappa shape index (κ2) is 8.24. The molecule has 1 saturated heterocycles. The van der Waals surface area contributed by atoms with Crippen LogP contribution in [0.5, 0.6) is 0 Å². The maximum atomic E-state index is 13.9. The zero-order chi connectivity index (χ0) is 25.0. The monoisotopic (exact) mass is 498 g/mol. The number of amides is 4. The van der Waals surface area contributed by atoms with E-state index in [2.05, 4.69) is 10.3 Å². The summed E-state index contributed by atoms with van der Waals surface area (Å²) in [4.78, 5) is 46.4. The Morgan fingerprint density at radius 2 is 1.83 bits per heavy atom. The summed E-state index contributed by atoms with van der Waals surface area (Å²) in [7, 11) is 0. The highest BCUT2D eigenvalue weighted by Gasteiger charge is 2.59. The van der Waals surface area contributed by atoms with Gasteiger partial charge in [-0.15, -0.1) is 0 Å². The third-order valence-corrected chi connectivity index (χ3v) is 7.45. The molecule has 7 nitrogen and oxygen atoms in total. The number of carbonyl (C=O) groups is 3. The number of carbonyl (C=O) groups excluding carboxylic acids is 3. The van der Waals surface area contributed by atoms with E-state index in [0.717, 1.165) is 27.7 Å². The molecule has 36 heavy (non-hydrogen) atoms. The van der Waals surface area contributed by atoms with Crippen LogP contribution in [0.4, 0.5) is 10.5 Å². The molecule has 3 heterocycles. The summed E-state index contributed by atoms with van der Waals surface area (Å²) in [5.41, 5.74) is 3.28. The van der Waals surface area contributed by atoms with Gasteiger partial charge in [-0.1, -0.05) is 48.0 Å². The van der Waals surface area contributed by atoms with Gasteiger partial charge in [0.2, 0.25) is 0 Å². The van der Waals surface area contributed by atoms with Crippen molar-refractivity contribution in [3.05, 3.63) is 100 Å². The first-order chi connectivity index (χ1) is 17.4. The first kappa shape index (κ1) is 22.4. The normalized spacial score (nSPS) is 18.9. The summed E-state index contributed by atoms with van der Waals surface area (Å²) in [6.07, 6.45) is 0.662. The number of nitrogens with zero attached hydrogens (tertiary/aromatic N) is 2. The number of imide groups is 1. The van der Waals surface area contributed by atoms with Crippen molar-refractivity contribution in [1.29, 1.82) is 0 Å². The summed E-state index contributed by atoms with van der Waals surface area (Å²) < 4.78 is 0. The Bertz CT molecular complexity index is 1540. The summed E-state index contributed by atoms with van der Waals surface area (Å²) >= 11 is 5.92. The van der Waals surface area contributed by atoms with E-state index < -0.39 is 5.54 Å². The first-order valence-electron chi connectivity index (χ1n) is 11.8. The number of aromatic nitrogens is 1. The van der Waals surface area contributed by atoms with Crippen LogP contribution in [0.2, 0.25) is 5.02 Å². The SMILES string of the molecule is CC12C(=O)N(c3cccc(C(=O)NCc4ccc(Cl)cc4)c3)C(=O)N1CCc1c2[nH]c2ccccc12. The molecule has 2 N–H and O–H groups in total. The number of rotatable bonds is 4. The quantitative estimate of drug-likeness (QED) is 0.389. The Morgan fingerprint density at radius 3 is 2.64 bits per heavy atom. The molecule has 0 spiro atoms. The van der Waals surface area contributed by atoms with Crippen molar-refractivity contribution < 1.29 is 14.4 Å². The fourth-order valence-corrected chi connectivity index (χ4v) is 5.42. The number of benzene rings is 3. The molecule has 4 aromatic rings. The van der Waals surface area contributed by atoms with Crippen molar-refractivity contribution in [3.63, 3.8) is 0 Å². The van der Waals surface area contributed by atoms with Crippen LogP contribution < -0.4 is 10.2 Å². The van der Waals surface area contributed by atoms with Crippen molar-refractivity contribution in [1.82, 2.24) is 15.2 Å². The Morgan fingerprint density at radius 1 is 1.06 bits per heavy atom. The molecular formula is C28H23ClN4O3. The molecule has 4 amide bonds. The van der Waals surface area contributed by atoms with Gasteiger partial charge < -0.3 is 15.2 Å². The van der Waals surface area contributed by atoms with Crippen LogP contribution in [0, 0.1) is 0 Å². The molecule has 6 rings (SSSR count). The van der Waals surface area contributed by atoms with Gasteiger partial charge in [0.05, 0.1) is 11.4 Å². The summed E-state index contributed by atoms with van der Waals surface area (Å²) in [5.74, 6) is -0.633. The molecule has 1 fully saturated rings. The average Bonchev–Trinajstić information content (AvgIpc) is 3.37. The Hall–Kier alpha value is -4.10. The van der Waals surface area contributed by atoms with Gasteiger partial charge in [-0.3, -0.25) is 9.59 Å². The second-order valence-electron chi connectivity index (χ2n) is 9.28. The lowest BCUT2D eigenvalue weighted by molar-refractivity contribution is -0.125. The number of fused-ring (bicyclic) bond motifs is 5. The van der Waals surface area contributed by atoms with Crippen LogP contribution in [0.25, 0.3) is 10.9 Å². The van der Waals surface area contributed by atoms with Crippen LogP contribution >= 0.6 is 11.6 Å². The number of aromatic amines is 1. The third kappa shape index (κ3) is 3.31. The first-order valence-corrected chi connectivity index (χ1v) is 12.1. The zero-order valence-corrected chi connectivity index (χ0v) is 20.3. The number of urea groups is 1. The number of anilines is 1.